The molecule has 0 bridgehead atoms. The Morgan fingerprint density at radius 2 is 2.05 bits per heavy atom. The molecule has 1 amide bonds. The molecule has 0 heterocycles. The van der Waals surface area contributed by atoms with Crippen molar-refractivity contribution in [2.75, 3.05) is 11.4 Å². The van der Waals surface area contributed by atoms with E-state index in [1.54, 1.807) is 19.1 Å². The molecule has 0 aliphatic carbocycles. The molecule has 0 spiro atoms. The lowest BCUT2D eigenvalue weighted by Crippen LogP contribution is -2.29. The second kappa shape index (κ2) is 6.36. The van der Waals surface area contributed by atoms with Gasteiger partial charge in [-0.25, -0.2) is 13.6 Å². The molecule has 0 saturated carbocycles. The Kier molecular flexibility index (Phi) is 5.34. The van der Waals surface area contributed by atoms with Gasteiger partial charge in [0.2, 0.25) is 10.0 Å². The highest BCUT2D eigenvalue weighted by Gasteiger charge is 2.22. The number of carbonyl (C=O) groups is 1. The maximum Gasteiger partial charge on any atom is 0.320 e. The van der Waals surface area contributed by atoms with Gasteiger partial charge in [-0.1, -0.05) is 19.4 Å². The quantitative estimate of drug-likeness (QED) is 0.670. The average Bonchev–Trinajstić information content (AvgIpc) is 2.27. The topological polar surface area (TPSA) is 80.5 Å². The number of rotatable bonds is 5. The van der Waals surface area contributed by atoms with Crippen LogP contribution >= 0.6 is 11.6 Å². The van der Waals surface area contributed by atoms with E-state index in [4.69, 9.17) is 16.7 Å². The zero-order chi connectivity index (χ0) is 14.6. The molecule has 0 aromatic heterocycles. The van der Waals surface area contributed by atoms with E-state index in [2.05, 4.69) is 0 Å². The summed E-state index contributed by atoms with van der Waals surface area (Å²) in [5.74, 6) is 0. The average molecular weight is 305 g/mol. The number of halogens is 1. The molecule has 0 unspecified atom stereocenters. The second-order valence-corrected chi connectivity index (χ2v) is 6.13. The van der Waals surface area contributed by atoms with Gasteiger partial charge in [-0.2, -0.15) is 0 Å². The van der Waals surface area contributed by atoms with Crippen molar-refractivity contribution in [2.24, 2.45) is 5.14 Å². The third kappa shape index (κ3) is 4.19. The molecule has 1 rings (SSSR count). The molecule has 5 nitrogen and oxygen atoms in total. The van der Waals surface area contributed by atoms with E-state index in [1.165, 1.54) is 11.0 Å². The summed E-state index contributed by atoms with van der Waals surface area (Å²) in [6, 6.07) is 4.61. The Labute approximate surface area is 118 Å². The Morgan fingerprint density at radius 3 is 2.53 bits per heavy atom. The summed E-state index contributed by atoms with van der Waals surface area (Å²) in [4.78, 5) is 12.6. The number of benzene rings is 1. The summed E-state index contributed by atoms with van der Waals surface area (Å²) in [6.45, 7) is 4.12. The maximum atomic E-state index is 11.6. The molecular weight excluding hydrogens is 288 g/mol. The van der Waals surface area contributed by atoms with Crippen molar-refractivity contribution in [3.8, 4) is 0 Å². The minimum atomic E-state index is -3.91. The highest BCUT2D eigenvalue weighted by molar-refractivity contribution is 7.89. The van der Waals surface area contributed by atoms with Gasteiger partial charge in [0, 0.05) is 6.54 Å². The molecule has 0 saturated heterocycles. The minimum absolute atomic E-state index is 0.0943. The Balaban J connectivity index is 3.36. The van der Waals surface area contributed by atoms with Gasteiger partial charge in [-0.05, 0) is 42.6 Å². The van der Waals surface area contributed by atoms with Crippen molar-refractivity contribution in [3.63, 3.8) is 0 Å². The second-order valence-electron chi connectivity index (χ2n) is 4.27. The number of primary sulfonamides is 1. The molecule has 0 radical (unpaired) electrons. The molecule has 106 valence electrons. The van der Waals surface area contributed by atoms with Gasteiger partial charge in [0.1, 0.15) is 4.90 Å². The first kappa shape index (κ1) is 15.9. The number of anilines is 1. The molecule has 2 N–H and O–H groups in total. The van der Waals surface area contributed by atoms with Crippen LogP contribution in [0.5, 0.6) is 0 Å². The number of nitrogens with two attached hydrogens (primary N) is 1. The van der Waals surface area contributed by atoms with Crippen LogP contribution in [0.3, 0.4) is 0 Å². The third-order valence-electron chi connectivity index (χ3n) is 2.66. The lowest BCUT2D eigenvalue weighted by Gasteiger charge is -2.22. The predicted molar refractivity (Wildman–Crippen MR) is 76.1 cm³/mol. The molecule has 7 heteroatoms. The Morgan fingerprint density at radius 1 is 1.42 bits per heavy atom. The van der Waals surface area contributed by atoms with E-state index >= 15 is 0 Å². The van der Waals surface area contributed by atoms with E-state index < -0.39 is 15.4 Å². The first-order valence-electron chi connectivity index (χ1n) is 5.87. The summed E-state index contributed by atoms with van der Waals surface area (Å²) in [7, 11) is -3.91. The van der Waals surface area contributed by atoms with Crippen LogP contribution < -0.4 is 10.0 Å². The van der Waals surface area contributed by atoms with Crippen molar-refractivity contribution in [1.82, 2.24) is 0 Å². The van der Waals surface area contributed by atoms with E-state index in [0.717, 1.165) is 18.4 Å². The molecule has 0 aliphatic rings. The zero-order valence-corrected chi connectivity index (χ0v) is 12.5. The first-order chi connectivity index (χ1) is 8.77. The molecule has 0 atom stereocenters. The van der Waals surface area contributed by atoms with Crippen molar-refractivity contribution < 1.29 is 13.2 Å². The molecule has 0 aliphatic heterocycles. The van der Waals surface area contributed by atoms with Gasteiger partial charge in [-0.3, -0.25) is 9.69 Å². The lowest BCUT2D eigenvalue weighted by atomic mass is 10.2. The van der Waals surface area contributed by atoms with Crippen LogP contribution in [-0.2, 0) is 10.0 Å². The number of hydrogen-bond donors (Lipinski definition) is 1. The number of nitrogens with zero attached hydrogens (tertiary/aromatic N) is 1. The number of sulfonamides is 1. The van der Waals surface area contributed by atoms with Gasteiger partial charge in [-0.15, -0.1) is 0 Å². The fourth-order valence-electron chi connectivity index (χ4n) is 1.70. The highest BCUT2D eigenvalue weighted by Crippen LogP contribution is 2.27. The smallest absolute Gasteiger partial charge is 0.298 e. The molecule has 1 aromatic rings. The van der Waals surface area contributed by atoms with Crippen molar-refractivity contribution >= 4 is 32.7 Å². The lowest BCUT2D eigenvalue weighted by molar-refractivity contribution is 0.264. The SMILES string of the molecule is CCCCN(C(=O)Cl)c1cc(C)ccc1S(N)(=O)=O. The molecular formula is C12H17ClN2O3S. The fourth-order valence-corrected chi connectivity index (χ4v) is 2.59. The first-order valence-corrected chi connectivity index (χ1v) is 7.80. The van der Waals surface area contributed by atoms with E-state index in [9.17, 15) is 13.2 Å². The van der Waals surface area contributed by atoms with Gasteiger partial charge >= 0.3 is 5.37 Å². The summed E-state index contributed by atoms with van der Waals surface area (Å²) >= 11 is 5.54. The van der Waals surface area contributed by atoms with Crippen LogP contribution in [-0.4, -0.2) is 20.3 Å². The van der Waals surface area contributed by atoms with Crippen molar-refractivity contribution in [2.45, 2.75) is 31.6 Å². The van der Waals surface area contributed by atoms with Crippen LogP contribution in [0.4, 0.5) is 10.5 Å². The number of amides is 1. The van der Waals surface area contributed by atoms with E-state index in [1.807, 2.05) is 6.92 Å². The fraction of sp³-hybridized carbons (Fsp3) is 0.417. The monoisotopic (exact) mass is 304 g/mol. The predicted octanol–water partition coefficient (Wildman–Crippen LogP) is 2.61. The summed E-state index contributed by atoms with van der Waals surface area (Å²) in [6.07, 6.45) is 1.58. The largest absolute Gasteiger partial charge is 0.320 e. The molecule has 0 fully saturated rings. The van der Waals surface area contributed by atoms with Crippen LogP contribution in [0.15, 0.2) is 23.1 Å². The summed E-state index contributed by atoms with van der Waals surface area (Å²) in [5, 5.41) is 4.45. The van der Waals surface area contributed by atoms with E-state index in [0.29, 0.717) is 6.54 Å². The minimum Gasteiger partial charge on any atom is -0.298 e. The summed E-state index contributed by atoms with van der Waals surface area (Å²) in [5.41, 5.74) is 1.05. The van der Waals surface area contributed by atoms with E-state index in [-0.39, 0.29) is 10.6 Å². The highest BCUT2D eigenvalue weighted by atomic mass is 35.5. The zero-order valence-electron chi connectivity index (χ0n) is 10.9. The van der Waals surface area contributed by atoms with Gasteiger partial charge in [0.25, 0.3) is 0 Å². The number of unbranched alkanes of at least 4 members (excludes halogenated alkanes) is 1. The van der Waals surface area contributed by atoms with Crippen LogP contribution in [0.1, 0.15) is 25.3 Å². The third-order valence-corrected chi connectivity index (χ3v) is 3.82. The molecule has 19 heavy (non-hydrogen) atoms. The standard InChI is InChI=1S/C12H17ClN2O3S/c1-3-4-7-15(12(13)16)10-8-9(2)5-6-11(10)19(14,17)18/h5-6,8H,3-4,7H2,1-2H3,(H2,14,17,18). The number of aryl methyl sites for hydroxylation is 1. The molecule has 1 aromatic carbocycles. The van der Waals surface area contributed by atoms with Gasteiger partial charge < -0.3 is 0 Å². The Bertz CT molecular complexity index is 572. The maximum absolute atomic E-state index is 11.6. The van der Waals surface area contributed by atoms with Crippen molar-refractivity contribution in [1.29, 1.82) is 0 Å². The van der Waals surface area contributed by atoms with Crippen molar-refractivity contribution in [3.05, 3.63) is 23.8 Å². The summed E-state index contributed by atoms with van der Waals surface area (Å²) < 4.78 is 23.1. The van der Waals surface area contributed by atoms with Crippen LogP contribution in [0.25, 0.3) is 0 Å². The van der Waals surface area contributed by atoms with Gasteiger partial charge in [0.05, 0.1) is 5.69 Å². The normalized spacial score (nSPS) is 11.4. The van der Waals surface area contributed by atoms with Crippen LogP contribution in [0.2, 0.25) is 0 Å². The number of carbonyl (C=O) groups excluding carboxylic acids is 1. The Hall–Kier alpha value is -1.11. The van der Waals surface area contributed by atoms with Crippen LogP contribution in [0, 0.1) is 6.92 Å². The van der Waals surface area contributed by atoms with Gasteiger partial charge in [0.15, 0.2) is 0 Å². The number of hydrogen-bond acceptors (Lipinski definition) is 3.